The molecule has 2 rings (SSSR count). The highest BCUT2D eigenvalue weighted by atomic mass is 16.5. The van der Waals surface area contributed by atoms with E-state index in [4.69, 9.17) is 10.5 Å². The fraction of sp³-hybridized carbons (Fsp3) is 0.353. The van der Waals surface area contributed by atoms with Gasteiger partial charge in [0.1, 0.15) is 5.75 Å². The molecule has 0 unspecified atom stereocenters. The minimum absolute atomic E-state index is 0.139. The van der Waals surface area contributed by atoms with E-state index in [-0.39, 0.29) is 11.2 Å². The third-order valence-corrected chi connectivity index (χ3v) is 3.28. The van der Waals surface area contributed by atoms with Gasteiger partial charge in [-0.3, -0.25) is 4.79 Å². The predicted molar refractivity (Wildman–Crippen MR) is 86.6 cm³/mol. The Bertz CT molecular complexity index is 662. The molecule has 0 radical (unpaired) electrons. The van der Waals surface area contributed by atoms with Crippen LogP contribution in [-0.4, -0.2) is 11.2 Å². The van der Waals surface area contributed by atoms with Crippen LogP contribution in [-0.2, 0) is 6.54 Å². The average molecular weight is 286 g/mol. The quantitative estimate of drug-likeness (QED) is 0.886. The van der Waals surface area contributed by atoms with Gasteiger partial charge in [-0.15, -0.1) is 0 Å². The van der Waals surface area contributed by atoms with Gasteiger partial charge in [0.05, 0.1) is 18.0 Å². The van der Waals surface area contributed by atoms with E-state index in [1.54, 1.807) is 10.6 Å². The zero-order chi connectivity index (χ0) is 15.2. The molecule has 4 heteroatoms. The average Bonchev–Trinajstić information content (AvgIpc) is 2.51. The Morgan fingerprint density at radius 1 is 1.10 bits per heavy atom. The van der Waals surface area contributed by atoms with Crippen LogP contribution in [0.1, 0.15) is 26.7 Å². The van der Waals surface area contributed by atoms with Crippen molar-refractivity contribution >= 4 is 5.69 Å². The molecule has 0 aliphatic carbocycles. The summed E-state index contributed by atoms with van der Waals surface area (Å²) in [5, 5.41) is 0. The number of rotatable bonds is 6. The molecule has 1 aromatic carbocycles. The Hall–Kier alpha value is -2.23. The van der Waals surface area contributed by atoms with Crippen LogP contribution in [0.15, 0.2) is 41.2 Å². The summed E-state index contributed by atoms with van der Waals surface area (Å²) in [7, 11) is 0. The Morgan fingerprint density at radius 3 is 2.57 bits per heavy atom. The van der Waals surface area contributed by atoms with Crippen LogP contribution in [0.5, 0.6) is 5.75 Å². The van der Waals surface area contributed by atoms with Crippen LogP contribution in [0.4, 0.5) is 5.69 Å². The molecule has 0 saturated carbocycles. The monoisotopic (exact) mass is 286 g/mol. The first kappa shape index (κ1) is 15.2. The number of aromatic nitrogens is 1. The van der Waals surface area contributed by atoms with Crippen molar-refractivity contribution in [1.29, 1.82) is 0 Å². The maximum atomic E-state index is 12.3. The number of nitrogen functional groups attached to an aromatic ring is 1. The second-order valence-corrected chi connectivity index (χ2v) is 4.98. The number of anilines is 1. The first-order valence-electron chi connectivity index (χ1n) is 7.40. The topological polar surface area (TPSA) is 57.2 Å². The van der Waals surface area contributed by atoms with E-state index in [0.29, 0.717) is 13.2 Å². The third-order valence-electron chi connectivity index (χ3n) is 3.28. The summed E-state index contributed by atoms with van der Waals surface area (Å²) < 4.78 is 7.52. The first-order valence-corrected chi connectivity index (χ1v) is 7.40. The van der Waals surface area contributed by atoms with Crippen LogP contribution < -0.4 is 16.0 Å². The van der Waals surface area contributed by atoms with Crippen molar-refractivity contribution in [2.24, 2.45) is 0 Å². The van der Waals surface area contributed by atoms with Gasteiger partial charge in [-0.1, -0.05) is 26.0 Å². The van der Waals surface area contributed by atoms with Crippen LogP contribution in [0.2, 0.25) is 0 Å². The smallest absolute Gasteiger partial charge is 0.274 e. The highest BCUT2D eigenvalue weighted by molar-refractivity contribution is 5.68. The maximum Gasteiger partial charge on any atom is 0.274 e. The molecule has 21 heavy (non-hydrogen) atoms. The lowest BCUT2D eigenvalue weighted by Crippen LogP contribution is -2.24. The summed E-state index contributed by atoms with van der Waals surface area (Å²) >= 11 is 0. The number of benzene rings is 1. The molecular formula is C17H22N2O2. The summed E-state index contributed by atoms with van der Waals surface area (Å²) in [5.41, 5.74) is 7.67. The van der Waals surface area contributed by atoms with E-state index >= 15 is 0 Å². The largest absolute Gasteiger partial charge is 0.493 e. The van der Waals surface area contributed by atoms with E-state index in [0.717, 1.165) is 29.8 Å². The van der Waals surface area contributed by atoms with E-state index in [1.807, 2.05) is 37.3 Å². The zero-order valence-electron chi connectivity index (χ0n) is 12.6. The number of pyridine rings is 1. The molecule has 2 N–H and O–H groups in total. The van der Waals surface area contributed by atoms with Crippen molar-refractivity contribution in [2.45, 2.75) is 33.2 Å². The van der Waals surface area contributed by atoms with Crippen molar-refractivity contribution < 1.29 is 4.74 Å². The van der Waals surface area contributed by atoms with E-state index in [9.17, 15) is 4.79 Å². The number of hydrogen-bond donors (Lipinski definition) is 1. The van der Waals surface area contributed by atoms with Crippen molar-refractivity contribution in [1.82, 2.24) is 4.57 Å². The molecule has 1 heterocycles. The maximum absolute atomic E-state index is 12.3. The van der Waals surface area contributed by atoms with Gasteiger partial charge in [-0.2, -0.15) is 0 Å². The Morgan fingerprint density at radius 2 is 1.86 bits per heavy atom. The summed E-state index contributed by atoms with van der Waals surface area (Å²) in [6.07, 6.45) is 1.81. The first-order chi connectivity index (χ1) is 10.2. The van der Waals surface area contributed by atoms with E-state index < -0.39 is 0 Å². The minimum atomic E-state index is -0.139. The van der Waals surface area contributed by atoms with Gasteiger partial charge in [0.25, 0.3) is 5.56 Å². The number of nitrogens with zero attached hydrogens (tertiary/aromatic N) is 1. The summed E-state index contributed by atoms with van der Waals surface area (Å²) in [5.74, 6) is 0.799. The van der Waals surface area contributed by atoms with Gasteiger partial charge in [0.2, 0.25) is 0 Å². The van der Waals surface area contributed by atoms with Crippen LogP contribution in [0, 0.1) is 0 Å². The molecule has 112 valence electrons. The van der Waals surface area contributed by atoms with Crippen LogP contribution >= 0.6 is 0 Å². The van der Waals surface area contributed by atoms with Crippen molar-refractivity contribution in [3.63, 3.8) is 0 Å². The third kappa shape index (κ3) is 3.27. The second-order valence-electron chi connectivity index (χ2n) is 4.98. The normalized spacial score (nSPS) is 10.6. The molecule has 0 atom stereocenters. The lowest BCUT2D eigenvalue weighted by molar-refractivity contribution is 0.318. The van der Waals surface area contributed by atoms with Crippen molar-refractivity contribution in [2.75, 3.05) is 12.3 Å². The molecule has 0 spiro atoms. The minimum Gasteiger partial charge on any atom is -0.493 e. The Kier molecular flexibility index (Phi) is 5.04. The lowest BCUT2D eigenvalue weighted by atomic mass is 10.1. The van der Waals surface area contributed by atoms with E-state index in [1.165, 1.54) is 0 Å². The van der Waals surface area contributed by atoms with E-state index in [2.05, 4.69) is 6.92 Å². The zero-order valence-corrected chi connectivity index (χ0v) is 12.6. The number of nitrogens with two attached hydrogens (primary N) is 1. The fourth-order valence-corrected chi connectivity index (χ4v) is 2.29. The SMILES string of the molecule is CCCOc1ccccc1-c1ccc(N)c(=O)n1CCC. The van der Waals surface area contributed by atoms with Gasteiger partial charge >= 0.3 is 0 Å². The molecule has 4 nitrogen and oxygen atoms in total. The van der Waals surface area contributed by atoms with Gasteiger partial charge in [0.15, 0.2) is 0 Å². The summed E-state index contributed by atoms with van der Waals surface area (Å²) in [6, 6.07) is 11.4. The molecule has 0 aliphatic rings. The highest BCUT2D eigenvalue weighted by Crippen LogP contribution is 2.29. The lowest BCUT2D eigenvalue weighted by Gasteiger charge is -2.16. The summed E-state index contributed by atoms with van der Waals surface area (Å²) in [4.78, 5) is 12.3. The Labute approximate surface area is 125 Å². The van der Waals surface area contributed by atoms with Gasteiger partial charge in [-0.25, -0.2) is 0 Å². The molecule has 1 aromatic heterocycles. The molecule has 0 fully saturated rings. The Balaban J connectivity index is 2.56. The van der Waals surface area contributed by atoms with Gasteiger partial charge in [0, 0.05) is 12.1 Å². The molecular weight excluding hydrogens is 264 g/mol. The van der Waals surface area contributed by atoms with Crippen LogP contribution in [0.25, 0.3) is 11.3 Å². The van der Waals surface area contributed by atoms with Crippen LogP contribution in [0.3, 0.4) is 0 Å². The molecule has 0 aliphatic heterocycles. The number of para-hydroxylation sites is 1. The molecule has 0 bridgehead atoms. The van der Waals surface area contributed by atoms with Crippen molar-refractivity contribution in [3.05, 3.63) is 46.8 Å². The standard InChI is InChI=1S/C17H22N2O2/c1-3-11-19-15(10-9-14(18)17(19)20)13-7-5-6-8-16(13)21-12-4-2/h5-10H,3-4,11-12,18H2,1-2H3. The summed E-state index contributed by atoms with van der Waals surface area (Å²) in [6.45, 7) is 5.41. The van der Waals surface area contributed by atoms with Gasteiger partial charge < -0.3 is 15.0 Å². The number of hydrogen-bond acceptors (Lipinski definition) is 3. The second kappa shape index (κ2) is 6.97. The molecule has 2 aromatic rings. The number of ether oxygens (including phenoxy) is 1. The fourth-order valence-electron chi connectivity index (χ4n) is 2.29. The van der Waals surface area contributed by atoms with Gasteiger partial charge in [-0.05, 0) is 37.1 Å². The molecule has 0 saturated heterocycles. The highest BCUT2D eigenvalue weighted by Gasteiger charge is 2.12. The van der Waals surface area contributed by atoms with Crippen molar-refractivity contribution in [3.8, 4) is 17.0 Å². The predicted octanol–water partition coefficient (Wildman–Crippen LogP) is 3.30. The molecule has 0 amide bonds.